The van der Waals surface area contributed by atoms with Gasteiger partial charge in [0.25, 0.3) is 0 Å². The van der Waals surface area contributed by atoms with Crippen LogP contribution in [-0.4, -0.2) is 27.5 Å². The Morgan fingerprint density at radius 2 is 2.62 bits per heavy atom. The van der Waals surface area contributed by atoms with E-state index < -0.39 is 6.10 Å². The minimum Gasteiger partial charge on any atom is -0.387 e. The van der Waals surface area contributed by atoms with E-state index in [0.29, 0.717) is 0 Å². The molecule has 4 nitrogen and oxygen atoms in total. The molecule has 0 radical (unpaired) electrons. The van der Waals surface area contributed by atoms with Gasteiger partial charge < -0.3 is 10.4 Å². The van der Waals surface area contributed by atoms with Crippen molar-refractivity contribution < 1.29 is 5.11 Å². The van der Waals surface area contributed by atoms with E-state index in [-0.39, 0.29) is 6.04 Å². The molecule has 1 aliphatic rings. The number of hydrogen-bond donors (Lipinski definition) is 2. The first-order valence-electron chi connectivity index (χ1n) is 4.67. The van der Waals surface area contributed by atoms with E-state index >= 15 is 0 Å². The van der Waals surface area contributed by atoms with E-state index in [9.17, 15) is 5.11 Å². The minimum atomic E-state index is -0.406. The molecule has 2 rings (SSSR count). The maximum atomic E-state index is 9.92. The smallest absolute Gasteiger partial charge is 0.0973 e. The highest BCUT2D eigenvalue weighted by Gasteiger charge is 2.24. The third-order valence-electron chi connectivity index (χ3n) is 2.55. The Morgan fingerprint density at radius 1 is 1.77 bits per heavy atom. The highest BCUT2D eigenvalue weighted by molar-refractivity contribution is 5.11. The number of aromatic nitrogens is 2. The van der Waals surface area contributed by atoms with Crippen molar-refractivity contribution in [3.8, 4) is 0 Å². The van der Waals surface area contributed by atoms with Crippen molar-refractivity contribution in [2.45, 2.75) is 25.0 Å². The van der Waals surface area contributed by atoms with Crippen LogP contribution < -0.4 is 5.32 Å². The number of rotatable bonds is 2. The summed E-state index contributed by atoms with van der Waals surface area (Å²) in [5.74, 6) is 0. The molecule has 0 saturated carbocycles. The Balaban J connectivity index is 2.07. The Kier molecular flexibility index (Phi) is 2.33. The normalized spacial score (nSPS) is 24.9. The lowest BCUT2D eigenvalue weighted by Gasteiger charge is -2.16. The molecule has 1 unspecified atom stereocenters. The first-order valence-corrected chi connectivity index (χ1v) is 4.67. The minimum absolute atomic E-state index is 0.212. The summed E-state index contributed by atoms with van der Waals surface area (Å²) in [4.78, 5) is 0. The lowest BCUT2D eigenvalue weighted by atomic mass is 10.0. The predicted molar refractivity (Wildman–Crippen MR) is 49.2 cm³/mol. The number of aryl methyl sites for hydroxylation is 1. The second-order valence-electron chi connectivity index (χ2n) is 3.60. The maximum absolute atomic E-state index is 9.92. The number of hydrogen-bond acceptors (Lipinski definition) is 3. The number of nitrogens with one attached hydrogen (secondary N) is 1. The average Bonchev–Trinajstić information content (AvgIpc) is 2.72. The van der Waals surface area contributed by atoms with Crippen molar-refractivity contribution in [2.75, 3.05) is 6.54 Å². The van der Waals surface area contributed by atoms with Gasteiger partial charge in [-0.2, -0.15) is 5.10 Å². The average molecular weight is 181 g/mol. The molecule has 1 fully saturated rings. The highest BCUT2D eigenvalue weighted by atomic mass is 16.3. The summed E-state index contributed by atoms with van der Waals surface area (Å²) in [5, 5.41) is 17.2. The molecule has 72 valence electrons. The van der Waals surface area contributed by atoms with E-state index in [1.807, 2.05) is 13.2 Å². The van der Waals surface area contributed by atoms with Crippen molar-refractivity contribution in [2.24, 2.45) is 7.05 Å². The first kappa shape index (κ1) is 8.72. The van der Waals surface area contributed by atoms with Crippen molar-refractivity contribution in [3.05, 3.63) is 18.0 Å². The van der Waals surface area contributed by atoms with Crippen molar-refractivity contribution >= 4 is 0 Å². The monoisotopic (exact) mass is 181 g/mol. The quantitative estimate of drug-likeness (QED) is 0.685. The van der Waals surface area contributed by atoms with E-state index in [4.69, 9.17) is 0 Å². The van der Waals surface area contributed by atoms with Gasteiger partial charge >= 0.3 is 0 Å². The molecule has 0 aromatic carbocycles. The van der Waals surface area contributed by atoms with Gasteiger partial charge in [0.2, 0.25) is 0 Å². The van der Waals surface area contributed by atoms with Crippen LogP contribution in [0.4, 0.5) is 0 Å². The van der Waals surface area contributed by atoms with Crippen LogP contribution >= 0.6 is 0 Å². The lowest BCUT2D eigenvalue weighted by molar-refractivity contribution is 0.137. The van der Waals surface area contributed by atoms with Gasteiger partial charge in [-0.05, 0) is 19.4 Å². The van der Waals surface area contributed by atoms with Crippen molar-refractivity contribution in [1.82, 2.24) is 15.1 Å². The van der Waals surface area contributed by atoms with Crippen LogP contribution in [0, 0.1) is 0 Å². The second-order valence-corrected chi connectivity index (χ2v) is 3.60. The highest BCUT2D eigenvalue weighted by Crippen LogP contribution is 2.21. The van der Waals surface area contributed by atoms with Gasteiger partial charge in [0.15, 0.2) is 0 Å². The van der Waals surface area contributed by atoms with Gasteiger partial charge in [-0.3, -0.25) is 4.68 Å². The molecule has 1 saturated heterocycles. The molecule has 4 heteroatoms. The van der Waals surface area contributed by atoms with Gasteiger partial charge in [0, 0.05) is 24.8 Å². The fourth-order valence-electron chi connectivity index (χ4n) is 1.81. The summed E-state index contributed by atoms with van der Waals surface area (Å²) in [6, 6.07) is 0.212. The topological polar surface area (TPSA) is 50.1 Å². The molecule has 0 aliphatic carbocycles. The molecule has 2 heterocycles. The fourth-order valence-corrected chi connectivity index (χ4v) is 1.81. The van der Waals surface area contributed by atoms with Gasteiger partial charge in [-0.15, -0.1) is 0 Å². The summed E-state index contributed by atoms with van der Waals surface area (Å²) in [6.07, 6.45) is 5.39. The van der Waals surface area contributed by atoms with Crippen LogP contribution in [0.15, 0.2) is 12.4 Å². The molecular weight excluding hydrogens is 166 g/mol. The summed E-state index contributed by atoms with van der Waals surface area (Å²) in [7, 11) is 1.86. The van der Waals surface area contributed by atoms with Crippen molar-refractivity contribution in [1.29, 1.82) is 0 Å². The van der Waals surface area contributed by atoms with Gasteiger partial charge in [-0.25, -0.2) is 0 Å². The number of nitrogens with zero attached hydrogens (tertiary/aromatic N) is 2. The van der Waals surface area contributed by atoms with E-state index in [1.54, 1.807) is 10.9 Å². The first-order chi connectivity index (χ1) is 6.27. The van der Waals surface area contributed by atoms with Gasteiger partial charge in [-0.1, -0.05) is 0 Å². The standard InChI is InChI=1S/C9H15N3O/c1-12-6-7(5-11-12)9(13)8-3-2-4-10-8/h5-6,8-10,13H,2-4H2,1H3/t8-,9?/m1/s1. The number of aliphatic hydroxyl groups is 1. The fraction of sp³-hybridized carbons (Fsp3) is 0.667. The third-order valence-corrected chi connectivity index (χ3v) is 2.55. The summed E-state index contributed by atoms with van der Waals surface area (Å²) < 4.78 is 1.72. The summed E-state index contributed by atoms with van der Waals surface area (Å²) >= 11 is 0. The van der Waals surface area contributed by atoms with Crippen LogP contribution in [0.1, 0.15) is 24.5 Å². The second kappa shape index (κ2) is 3.47. The van der Waals surface area contributed by atoms with Crippen LogP contribution in [0.2, 0.25) is 0 Å². The zero-order chi connectivity index (χ0) is 9.26. The Labute approximate surface area is 77.6 Å². The van der Waals surface area contributed by atoms with Crippen LogP contribution in [0.5, 0.6) is 0 Å². The molecule has 2 N–H and O–H groups in total. The Hall–Kier alpha value is -0.870. The third kappa shape index (κ3) is 1.73. The van der Waals surface area contributed by atoms with Gasteiger partial charge in [0.1, 0.15) is 0 Å². The maximum Gasteiger partial charge on any atom is 0.0973 e. The zero-order valence-electron chi connectivity index (χ0n) is 7.77. The van der Waals surface area contributed by atoms with E-state index in [1.165, 1.54) is 0 Å². The van der Waals surface area contributed by atoms with E-state index in [0.717, 1.165) is 24.9 Å². The number of aliphatic hydroxyl groups excluding tert-OH is 1. The SMILES string of the molecule is Cn1cc(C(O)[C@H]2CCCN2)cn1. The molecular formula is C9H15N3O. The molecule has 13 heavy (non-hydrogen) atoms. The van der Waals surface area contributed by atoms with Crippen LogP contribution in [-0.2, 0) is 7.05 Å². The largest absolute Gasteiger partial charge is 0.387 e. The predicted octanol–water partition coefficient (Wildman–Crippen LogP) is 0.205. The molecule has 1 aliphatic heterocycles. The van der Waals surface area contributed by atoms with Gasteiger partial charge in [0.05, 0.1) is 12.3 Å². The molecule has 1 aromatic rings. The Morgan fingerprint density at radius 3 is 3.15 bits per heavy atom. The van der Waals surface area contributed by atoms with Crippen LogP contribution in [0.3, 0.4) is 0 Å². The lowest BCUT2D eigenvalue weighted by Crippen LogP contribution is -2.28. The van der Waals surface area contributed by atoms with Crippen LogP contribution in [0.25, 0.3) is 0 Å². The van der Waals surface area contributed by atoms with E-state index in [2.05, 4.69) is 10.4 Å². The summed E-state index contributed by atoms with van der Waals surface area (Å²) in [5.41, 5.74) is 0.905. The molecule has 1 aromatic heterocycles. The molecule has 0 bridgehead atoms. The summed E-state index contributed by atoms with van der Waals surface area (Å²) in [6.45, 7) is 1.02. The zero-order valence-corrected chi connectivity index (χ0v) is 7.77. The molecule has 2 atom stereocenters. The molecule has 0 amide bonds. The Bertz CT molecular complexity index is 278. The van der Waals surface area contributed by atoms with Crippen molar-refractivity contribution in [3.63, 3.8) is 0 Å². The molecule has 0 spiro atoms.